The second-order valence-corrected chi connectivity index (χ2v) is 6.00. The average Bonchev–Trinajstić information content (AvgIpc) is 2.67. The fourth-order valence-corrected chi connectivity index (χ4v) is 4.01. The van der Waals surface area contributed by atoms with Crippen LogP contribution in [0.5, 0.6) is 0 Å². The SMILES string of the molecule is CC1SCCCC1N1CCCC1C(=O)O. The first kappa shape index (κ1) is 11.3. The van der Waals surface area contributed by atoms with Crippen molar-refractivity contribution >= 4 is 17.7 Å². The van der Waals surface area contributed by atoms with Gasteiger partial charge in [-0.2, -0.15) is 11.8 Å². The molecule has 4 heteroatoms. The first-order chi connectivity index (χ1) is 7.20. The number of hydrogen-bond acceptors (Lipinski definition) is 3. The molecule has 2 saturated heterocycles. The lowest BCUT2D eigenvalue weighted by Gasteiger charge is -2.37. The number of aliphatic carboxylic acids is 1. The highest BCUT2D eigenvalue weighted by molar-refractivity contribution is 7.99. The highest BCUT2D eigenvalue weighted by Crippen LogP contribution is 2.33. The van der Waals surface area contributed by atoms with Crippen LogP contribution in [0.25, 0.3) is 0 Å². The van der Waals surface area contributed by atoms with E-state index in [1.165, 1.54) is 18.6 Å². The van der Waals surface area contributed by atoms with Gasteiger partial charge < -0.3 is 5.11 Å². The Morgan fingerprint density at radius 2 is 2.20 bits per heavy atom. The van der Waals surface area contributed by atoms with E-state index in [4.69, 9.17) is 5.11 Å². The van der Waals surface area contributed by atoms with Crippen LogP contribution in [0.15, 0.2) is 0 Å². The summed E-state index contributed by atoms with van der Waals surface area (Å²) in [5.74, 6) is 0.610. The summed E-state index contributed by atoms with van der Waals surface area (Å²) in [4.78, 5) is 13.3. The average molecular weight is 229 g/mol. The number of thioether (sulfide) groups is 1. The van der Waals surface area contributed by atoms with E-state index in [0.717, 1.165) is 19.4 Å². The van der Waals surface area contributed by atoms with Gasteiger partial charge in [0.1, 0.15) is 6.04 Å². The molecule has 2 fully saturated rings. The highest BCUT2D eigenvalue weighted by atomic mass is 32.2. The van der Waals surface area contributed by atoms with Gasteiger partial charge in [0.05, 0.1) is 0 Å². The van der Waals surface area contributed by atoms with Gasteiger partial charge in [-0.05, 0) is 38.0 Å². The molecule has 3 atom stereocenters. The van der Waals surface area contributed by atoms with Gasteiger partial charge in [0, 0.05) is 11.3 Å². The molecule has 0 radical (unpaired) electrons. The number of carboxylic acid groups (broad SMARTS) is 1. The minimum Gasteiger partial charge on any atom is -0.480 e. The van der Waals surface area contributed by atoms with Gasteiger partial charge in [0.2, 0.25) is 0 Å². The quantitative estimate of drug-likeness (QED) is 0.784. The van der Waals surface area contributed by atoms with Crippen molar-refractivity contribution in [3.63, 3.8) is 0 Å². The molecule has 0 amide bonds. The van der Waals surface area contributed by atoms with Gasteiger partial charge >= 0.3 is 5.97 Å². The molecule has 86 valence electrons. The lowest BCUT2D eigenvalue weighted by molar-refractivity contribution is -0.143. The third-order valence-corrected chi connectivity index (χ3v) is 4.94. The van der Waals surface area contributed by atoms with Crippen molar-refractivity contribution in [2.45, 2.75) is 49.9 Å². The maximum atomic E-state index is 11.1. The van der Waals surface area contributed by atoms with Crippen molar-refractivity contribution in [1.29, 1.82) is 0 Å². The monoisotopic (exact) mass is 229 g/mol. The summed E-state index contributed by atoms with van der Waals surface area (Å²) in [6, 6.07) is 0.281. The Morgan fingerprint density at radius 1 is 1.40 bits per heavy atom. The summed E-state index contributed by atoms with van der Waals surface area (Å²) in [6.07, 6.45) is 4.30. The first-order valence-corrected chi connectivity index (χ1v) is 6.85. The van der Waals surface area contributed by atoms with Gasteiger partial charge in [-0.25, -0.2) is 0 Å². The van der Waals surface area contributed by atoms with E-state index in [-0.39, 0.29) is 6.04 Å². The second kappa shape index (κ2) is 4.74. The zero-order valence-electron chi connectivity index (χ0n) is 9.19. The van der Waals surface area contributed by atoms with Crippen LogP contribution in [0.3, 0.4) is 0 Å². The Bertz CT molecular complexity index is 247. The number of likely N-dealkylation sites (tertiary alicyclic amines) is 1. The molecule has 2 aliphatic heterocycles. The van der Waals surface area contributed by atoms with Crippen molar-refractivity contribution in [2.75, 3.05) is 12.3 Å². The van der Waals surface area contributed by atoms with E-state index >= 15 is 0 Å². The Kier molecular flexibility index (Phi) is 3.57. The molecule has 1 N–H and O–H groups in total. The summed E-state index contributed by atoms with van der Waals surface area (Å²) in [7, 11) is 0. The fraction of sp³-hybridized carbons (Fsp3) is 0.909. The highest BCUT2D eigenvalue weighted by Gasteiger charge is 2.38. The number of rotatable bonds is 2. The first-order valence-electron chi connectivity index (χ1n) is 5.80. The van der Waals surface area contributed by atoms with E-state index in [1.54, 1.807) is 0 Å². The van der Waals surface area contributed by atoms with Crippen LogP contribution in [0.4, 0.5) is 0 Å². The maximum Gasteiger partial charge on any atom is 0.320 e. The van der Waals surface area contributed by atoms with E-state index in [2.05, 4.69) is 11.8 Å². The molecule has 0 aliphatic carbocycles. The van der Waals surface area contributed by atoms with E-state index in [0.29, 0.717) is 11.3 Å². The van der Waals surface area contributed by atoms with Gasteiger partial charge in [-0.15, -0.1) is 0 Å². The van der Waals surface area contributed by atoms with Crippen molar-refractivity contribution in [3.8, 4) is 0 Å². The van der Waals surface area contributed by atoms with E-state index in [9.17, 15) is 4.79 Å². The molecular weight excluding hydrogens is 210 g/mol. The maximum absolute atomic E-state index is 11.1. The standard InChI is InChI=1S/C11H19NO2S/c1-8-9(5-3-7-15-8)12-6-2-4-10(12)11(13)14/h8-10H,2-7H2,1H3,(H,13,14). The predicted molar refractivity (Wildman–Crippen MR) is 62.3 cm³/mol. The largest absolute Gasteiger partial charge is 0.480 e. The van der Waals surface area contributed by atoms with Crippen molar-refractivity contribution in [3.05, 3.63) is 0 Å². The number of nitrogens with zero attached hydrogens (tertiary/aromatic N) is 1. The van der Waals surface area contributed by atoms with Crippen molar-refractivity contribution in [2.24, 2.45) is 0 Å². The van der Waals surface area contributed by atoms with Crippen molar-refractivity contribution < 1.29 is 9.90 Å². The smallest absolute Gasteiger partial charge is 0.320 e. The molecular formula is C11H19NO2S. The zero-order chi connectivity index (χ0) is 10.8. The van der Waals surface area contributed by atoms with Crippen LogP contribution in [0.1, 0.15) is 32.6 Å². The Morgan fingerprint density at radius 3 is 2.87 bits per heavy atom. The molecule has 0 aromatic heterocycles. The van der Waals surface area contributed by atoms with E-state index in [1.807, 2.05) is 11.8 Å². The third-order valence-electron chi connectivity index (χ3n) is 3.57. The summed E-state index contributed by atoms with van der Waals surface area (Å²) < 4.78 is 0. The number of carbonyl (C=O) groups is 1. The minimum absolute atomic E-state index is 0.212. The molecule has 15 heavy (non-hydrogen) atoms. The number of carboxylic acids is 1. The topological polar surface area (TPSA) is 40.5 Å². The molecule has 0 aromatic carbocycles. The second-order valence-electron chi connectivity index (χ2n) is 4.52. The lowest BCUT2D eigenvalue weighted by Crippen LogP contribution is -2.48. The molecule has 2 rings (SSSR count). The van der Waals surface area contributed by atoms with Crippen LogP contribution >= 0.6 is 11.8 Å². The van der Waals surface area contributed by atoms with Crippen LogP contribution in [0, 0.1) is 0 Å². The van der Waals surface area contributed by atoms with Gasteiger partial charge in [0.25, 0.3) is 0 Å². The van der Waals surface area contributed by atoms with Crippen LogP contribution in [0.2, 0.25) is 0 Å². The predicted octanol–water partition coefficient (Wildman–Crippen LogP) is 1.82. The Hall–Kier alpha value is -0.220. The molecule has 0 saturated carbocycles. The van der Waals surface area contributed by atoms with Crippen LogP contribution in [-0.4, -0.2) is 45.6 Å². The molecule has 2 heterocycles. The molecule has 3 nitrogen and oxygen atoms in total. The van der Waals surface area contributed by atoms with E-state index < -0.39 is 5.97 Å². The Balaban J connectivity index is 2.04. The lowest BCUT2D eigenvalue weighted by atomic mass is 10.1. The fourth-order valence-electron chi connectivity index (χ4n) is 2.79. The molecule has 0 bridgehead atoms. The zero-order valence-corrected chi connectivity index (χ0v) is 10.0. The number of hydrogen-bond donors (Lipinski definition) is 1. The molecule has 2 aliphatic rings. The van der Waals surface area contributed by atoms with Gasteiger partial charge in [-0.3, -0.25) is 9.69 Å². The molecule has 0 spiro atoms. The minimum atomic E-state index is -0.629. The summed E-state index contributed by atoms with van der Waals surface area (Å²) >= 11 is 1.99. The normalized spacial score (nSPS) is 38.1. The third kappa shape index (κ3) is 2.31. The van der Waals surface area contributed by atoms with Crippen LogP contribution in [-0.2, 0) is 4.79 Å². The summed E-state index contributed by atoms with van der Waals surface area (Å²) in [6.45, 7) is 3.22. The van der Waals surface area contributed by atoms with Crippen molar-refractivity contribution in [1.82, 2.24) is 4.90 Å². The van der Waals surface area contributed by atoms with Gasteiger partial charge in [-0.1, -0.05) is 6.92 Å². The molecule has 3 unspecified atom stereocenters. The van der Waals surface area contributed by atoms with Gasteiger partial charge in [0.15, 0.2) is 0 Å². The summed E-state index contributed by atoms with van der Waals surface area (Å²) in [5.41, 5.74) is 0. The summed E-state index contributed by atoms with van der Waals surface area (Å²) in [5, 5.41) is 9.75. The molecule has 0 aromatic rings. The Labute approximate surface area is 95.2 Å². The van der Waals surface area contributed by atoms with Crippen LogP contribution < -0.4 is 0 Å².